The lowest BCUT2D eigenvalue weighted by atomic mass is 9.99. The zero-order valence-corrected chi connectivity index (χ0v) is 17.8. The van der Waals surface area contributed by atoms with Crippen LogP contribution in [0.4, 0.5) is 5.69 Å². The number of amides is 1. The predicted octanol–water partition coefficient (Wildman–Crippen LogP) is 4.46. The van der Waals surface area contributed by atoms with Gasteiger partial charge >= 0.3 is 5.97 Å². The van der Waals surface area contributed by atoms with Crippen molar-refractivity contribution >= 4 is 45.0 Å². The number of rotatable bonds is 4. The largest absolute Gasteiger partial charge is 0.507 e. The molecule has 1 N–H and O–H groups in total. The second-order valence-corrected chi connectivity index (χ2v) is 7.65. The molecule has 1 aliphatic heterocycles. The normalized spacial score (nSPS) is 17.7. The van der Waals surface area contributed by atoms with Gasteiger partial charge in [0, 0.05) is 15.7 Å². The maximum atomic E-state index is 13.0. The highest BCUT2D eigenvalue weighted by Crippen LogP contribution is 2.42. The van der Waals surface area contributed by atoms with Gasteiger partial charge in [-0.25, -0.2) is 4.79 Å². The second kappa shape index (κ2) is 8.23. The molecule has 1 saturated heterocycles. The molecule has 0 radical (unpaired) electrons. The van der Waals surface area contributed by atoms with Gasteiger partial charge in [0.2, 0.25) is 0 Å². The molecular weight excluding hydrogens is 466 g/mol. The van der Waals surface area contributed by atoms with Crippen molar-refractivity contribution in [3.05, 3.63) is 93.9 Å². The Morgan fingerprint density at radius 3 is 2.45 bits per heavy atom. The fourth-order valence-electron chi connectivity index (χ4n) is 3.48. The Kier molecular flexibility index (Phi) is 5.48. The zero-order chi connectivity index (χ0) is 22.1. The van der Waals surface area contributed by atoms with E-state index in [0.29, 0.717) is 17.0 Å². The summed E-state index contributed by atoms with van der Waals surface area (Å²) in [6.07, 6.45) is 1.42. The van der Waals surface area contributed by atoms with Crippen LogP contribution in [-0.2, 0) is 14.3 Å². The van der Waals surface area contributed by atoms with Crippen molar-refractivity contribution in [2.45, 2.75) is 6.04 Å². The monoisotopic (exact) mass is 481 g/mol. The van der Waals surface area contributed by atoms with Gasteiger partial charge in [-0.2, -0.15) is 0 Å². The van der Waals surface area contributed by atoms with E-state index < -0.39 is 23.7 Å². The van der Waals surface area contributed by atoms with Crippen LogP contribution in [0.3, 0.4) is 0 Å². The van der Waals surface area contributed by atoms with E-state index in [0.717, 1.165) is 4.47 Å². The average Bonchev–Trinajstić information content (AvgIpc) is 3.40. The Balaban J connectivity index is 1.90. The van der Waals surface area contributed by atoms with Crippen molar-refractivity contribution in [2.24, 2.45) is 0 Å². The summed E-state index contributed by atoms with van der Waals surface area (Å²) in [6.45, 7) is 0. The van der Waals surface area contributed by atoms with Crippen LogP contribution in [0, 0.1) is 0 Å². The van der Waals surface area contributed by atoms with E-state index in [9.17, 15) is 19.5 Å². The number of methoxy groups -OCH3 is 1. The number of anilines is 1. The molecule has 0 spiro atoms. The lowest BCUT2D eigenvalue weighted by Crippen LogP contribution is -2.29. The molecule has 0 aliphatic carbocycles. The van der Waals surface area contributed by atoms with Crippen molar-refractivity contribution in [1.29, 1.82) is 0 Å². The number of benzene rings is 2. The fourth-order valence-corrected chi connectivity index (χ4v) is 3.74. The minimum atomic E-state index is -1.01. The number of halogens is 1. The maximum absolute atomic E-state index is 13.0. The summed E-state index contributed by atoms with van der Waals surface area (Å²) in [6, 6.07) is 15.1. The minimum absolute atomic E-state index is 0.106. The van der Waals surface area contributed by atoms with E-state index in [1.54, 1.807) is 48.5 Å². The second-order valence-electron chi connectivity index (χ2n) is 6.73. The van der Waals surface area contributed by atoms with Crippen LogP contribution in [-0.4, -0.2) is 29.9 Å². The Morgan fingerprint density at radius 1 is 1.06 bits per heavy atom. The van der Waals surface area contributed by atoms with Crippen molar-refractivity contribution < 1.29 is 28.6 Å². The number of hydrogen-bond acceptors (Lipinski definition) is 6. The number of esters is 1. The Hall–Kier alpha value is -3.65. The van der Waals surface area contributed by atoms with Gasteiger partial charge in [-0.3, -0.25) is 14.5 Å². The van der Waals surface area contributed by atoms with Gasteiger partial charge in [0.25, 0.3) is 11.7 Å². The summed E-state index contributed by atoms with van der Waals surface area (Å²) in [5, 5.41) is 11.0. The summed E-state index contributed by atoms with van der Waals surface area (Å²) >= 11 is 3.33. The molecule has 0 saturated carbocycles. The maximum Gasteiger partial charge on any atom is 0.337 e. The van der Waals surface area contributed by atoms with Crippen molar-refractivity contribution in [2.75, 3.05) is 12.0 Å². The standard InChI is InChI=1S/C23H16BrNO6/c1-30-23(29)14-4-2-5-16(12-14)25-19(17-6-3-11-31-17)18(21(27)22(25)28)20(26)13-7-9-15(24)10-8-13/h2-12,19,26H,1H3/b20-18-. The van der Waals surface area contributed by atoms with Gasteiger partial charge in [-0.15, -0.1) is 0 Å². The molecule has 1 atom stereocenters. The topological polar surface area (TPSA) is 97.0 Å². The number of nitrogens with zero attached hydrogens (tertiary/aromatic N) is 1. The van der Waals surface area contributed by atoms with Crippen molar-refractivity contribution in [3.8, 4) is 0 Å². The molecule has 1 aromatic heterocycles. The van der Waals surface area contributed by atoms with Crippen LogP contribution < -0.4 is 4.90 Å². The lowest BCUT2D eigenvalue weighted by molar-refractivity contribution is -0.132. The Morgan fingerprint density at radius 2 is 1.81 bits per heavy atom. The Bertz CT molecular complexity index is 1200. The van der Waals surface area contributed by atoms with Gasteiger partial charge in [-0.05, 0) is 42.5 Å². The van der Waals surface area contributed by atoms with Crippen LogP contribution in [0.15, 0.2) is 81.4 Å². The Labute approximate surface area is 185 Å². The van der Waals surface area contributed by atoms with Crippen molar-refractivity contribution in [1.82, 2.24) is 0 Å². The van der Waals surface area contributed by atoms with E-state index in [1.165, 1.54) is 30.4 Å². The van der Waals surface area contributed by atoms with Gasteiger partial charge in [0.1, 0.15) is 17.6 Å². The predicted molar refractivity (Wildman–Crippen MR) is 115 cm³/mol. The molecule has 1 aliphatic rings. The molecule has 7 nitrogen and oxygen atoms in total. The van der Waals surface area contributed by atoms with E-state index in [2.05, 4.69) is 15.9 Å². The smallest absolute Gasteiger partial charge is 0.337 e. The molecule has 156 valence electrons. The van der Waals surface area contributed by atoms with Gasteiger partial charge in [0.15, 0.2) is 0 Å². The number of Topliss-reactive ketones (excluding diaryl/α,β-unsaturated/α-hetero) is 1. The molecule has 1 amide bonds. The van der Waals surface area contributed by atoms with E-state index in [-0.39, 0.29) is 16.9 Å². The first-order valence-corrected chi connectivity index (χ1v) is 10.0. The van der Waals surface area contributed by atoms with Crippen LogP contribution >= 0.6 is 15.9 Å². The van der Waals surface area contributed by atoms with E-state index in [1.807, 2.05) is 0 Å². The molecule has 2 heterocycles. The molecule has 0 bridgehead atoms. The SMILES string of the molecule is COC(=O)c1cccc(N2C(=O)C(=O)/C(=C(\O)c3ccc(Br)cc3)C2c2ccco2)c1. The van der Waals surface area contributed by atoms with Gasteiger partial charge in [-0.1, -0.05) is 34.1 Å². The molecule has 8 heteroatoms. The highest BCUT2D eigenvalue weighted by atomic mass is 79.9. The van der Waals surface area contributed by atoms with Gasteiger partial charge in [0.05, 0.1) is 24.5 Å². The molecular formula is C23H16BrNO6. The lowest BCUT2D eigenvalue weighted by Gasteiger charge is -2.23. The van der Waals surface area contributed by atoms with E-state index in [4.69, 9.17) is 9.15 Å². The quantitative estimate of drug-likeness (QED) is 0.255. The fraction of sp³-hybridized carbons (Fsp3) is 0.0870. The first kappa shape index (κ1) is 20.6. The minimum Gasteiger partial charge on any atom is -0.507 e. The first-order chi connectivity index (χ1) is 14.9. The third kappa shape index (κ3) is 3.66. The summed E-state index contributed by atoms with van der Waals surface area (Å²) in [7, 11) is 1.25. The molecule has 31 heavy (non-hydrogen) atoms. The van der Waals surface area contributed by atoms with E-state index >= 15 is 0 Å². The number of furan rings is 1. The van der Waals surface area contributed by atoms with Crippen LogP contribution in [0.25, 0.3) is 5.76 Å². The third-order valence-corrected chi connectivity index (χ3v) is 5.45. The van der Waals surface area contributed by atoms with Crippen LogP contribution in [0.2, 0.25) is 0 Å². The highest BCUT2D eigenvalue weighted by molar-refractivity contribution is 9.10. The summed E-state index contributed by atoms with van der Waals surface area (Å²) in [5.41, 5.74) is 0.779. The number of aliphatic hydroxyl groups is 1. The van der Waals surface area contributed by atoms with Crippen LogP contribution in [0.1, 0.15) is 27.7 Å². The van der Waals surface area contributed by atoms with Gasteiger partial charge < -0.3 is 14.3 Å². The number of carbonyl (C=O) groups is 3. The molecule has 3 aromatic rings. The molecule has 1 unspecified atom stereocenters. The average molecular weight is 482 g/mol. The number of hydrogen-bond donors (Lipinski definition) is 1. The number of aliphatic hydroxyl groups excluding tert-OH is 1. The van der Waals surface area contributed by atoms with Crippen molar-refractivity contribution in [3.63, 3.8) is 0 Å². The number of carbonyl (C=O) groups excluding carboxylic acids is 3. The molecule has 1 fully saturated rings. The number of ether oxygens (including phenoxy) is 1. The third-order valence-electron chi connectivity index (χ3n) is 4.92. The molecule has 2 aromatic carbocycles. The highest BCUT2D eigenvalue weighted by Gasteiger charge is 2.48. The molecule has 4 rings (SSSR count). The van der Waals surface area contributed by atoms with Crippen LogP contribution in [0.5, 0.6) is 0 Å². The first-order valence-electron chi connectivity index (χ1n) is 9.21. The summed E-state index contributed by atoms with van der Waals surface area (Å²) < 4.78 is 11.1. The summed E-state index contributed by atoms with van der Waals surface area (Å²) in [4.78, 5) is 39.2. The zero-order valence-electron chi connectivity index (χ0n) is 16.2. The number of ketones is 1. The summed E-state index contributed by atoms with van der Waals surface area (Å²) in [5.74, 6) is -2.31.